The number of halogens is 1. The molecule has 0 radical (unpaired) electrons. The van der Waals surface area contributed by atoms with Gasteiger partial charge in [0.05, 0.1) is 11.8 Å². The van der Waals surface area contributed by atoms with Crippen LogP contribution in [0.5, 0.6) is 0 Å². The first kappa shape index (κ1) is 13.7. The number of hydrogen-bond acceptors (Lipinski definition) is 4. The van der Waals surface area contributed by atoms with E-state index in [9.17, 15) is 8.42 Å². The Hall–Kier alpha value is -1.32. The molecular weight excluding hydrogens is 262 g/mol. The predicted molar refractivity (Wildman–Crippen MR) is 66.2 cm³/mol. The van der Waals surface area contributed by atoms with E-state index in [-0.39, 0.29) is 17.3 Å². The highest BCUT2D eigenvalue weighted by molar-refractivity contribution is 7.93. The molecule has 0 aliphatic heterocycles. The average Bonchev–Trinajstić information content (AvgIpc) is 2.24. The normalized spacial score (nSPS) is 12.8. The summed E-state index contributed by atoms with van der Waals surface area (Å²) in [6.45, 7) is 3.39. The molecule has 0 aliphatic carbocycles. The van der Waals surface area contributed by atoms with Gasteiger partial charge in [0.25, 0.3) is 0 Å². The zero-order chi connectivity index (χ0) is 13.1. The van der Waals surface area contributed by atoms with Crippen molar-refractivity contribution in [2.45, 2.75) is 25.5 Å². The number of sulfonamides is 1. The van der Waals surface area contributed by atoms with E-state index < -0.39 is 15.3 Å². The maximum Gasteiger partial charge on any atom is 0.249 e. The van der Waals surface area contributed by atoms with Crippen LogP contribution in [-0.2, 0) is 10.0 Å². The summed E-state index contributed by atoms with van der Waals surface area (Å²) >= 11 is 5.77. The van der Waals surface area contributed by atoms with Crippen molar-refractivity contribution in [1.29, 1.82) is 5.26 Å². The molecule has 0 spiro atoms. The summed E-state index contributed by atoms with van der Waals surface area (Å²) < 4.78 is 25.9. The second kappa shape index (κ2) is 5.34. The minimum Gasteiger partial charge on any atom is -0.279 e. The highest BCUT2D eigenvalue weighted by atomic mass is 35.5. The summed E-state index contributed by atoms with van der Waals surface area (Å²) in [5.74, 6) is 0. The molecule has 1 unspecified atom stereocenters. The molecule has 1 aromatic heterocycles. The molecular formula is C10H12ClN3O2S. The van der Waals surface area contributed by atoms with Gasteiger partial charge in [-0.1, -0.05) is 18.5 Å². The van der Waals surface area contributed by atoms with Gasteiger partial charge in [0.2, 0.25) is 10.0 Å². The highest BCUT2D eigenvalue weighted by Crippen LogP contribution is 2.22. The van der Waals surface area contributed by atoms with Gasteiger partial charge in [-0.3, -0.25) is 4.72 Å². The van der Waals surface area contributed by atoms with E-state index in [0.717, 1.165) is 5.56 Å². The Kier molecular flexibility index (Phi) is 4.32. The number of anilines is 1. The predicted octanol–water partition coefficient (Wildman–Crippen LogP) is 2.09. The fourth-order valence-electron chi connectivity index (χ4n) is 1.23. The summed E-state index contributed by atoms with van der Waals surface area (Å²) in [6.07, 6.45) is 1.74. The van der Waals surface area contributed by atoms with Crippen LogP contribution in [0.1, 0.15) is 18.9 Å². The Morgan fingerprint density at radius 3 is 2.82 bits per heavy atom. The summed E-state index contributed by atoms with van der Waals surface area (Å²) in [6, 6.07) is 3.30. The van der Waals surface area contributed by atoms with Crippen molar-refractivity contribution in [3.63, 3.8) is 0 Å². The Morgan fingerprint density at radius 1 is 1.65 bits per heavy atom. The van der Waals surface area contributed by atoms with Crippen molar-refractivity contribution in [2.75, 3.05) is 4.72 Å². The van der Waals surface area contributed by atoms with Crippen molar-refractivity contribution in [2.24, 2.45) is 0 Å². The van der Waals surface area contributed by atoms with Gasteiger partial charge in [0.15, 0.2) is 10.4 Å². The first-order valence-electron chi connectivity index (χ1n) is 4.94. The van der Waals surface area contributed by atoms with Crippen molar-refractivity contribution < 1.29 is 8.42 Å². The van der Waals surface area contributed by atoms with Crippen molar-refractivity contribution >= 4 is 27.3 Å². The van der Waals surface area contributed by atoms with Crippen LogP contribution in [-0.4, -0.2) is 18.7 Å². The molecule has 0 aliphatic rings. The maximum atomic E-state index is 11.8. The van der Waals surface area contributed by atoms with E-state index in [1.165, 1.54) is 6.20 Å². The summed E-state index contributed by atoms with van der Waals surface area (Å²) in [7, 11) is -3.75. The van der Waals surface area contributed by atoms with Crippen molar-refractivity contribution in [3.05, 3.63) is 23.0 Å². The third-order valence-corrected chi connectivity index (χ3v) is 4.11. The SMILES string of the molecule is CCC(C#N)S(=O)(=O)Nc1cc(C)cnc1Cl. The minimum atomic E-state index is -3.75. The lowest BCUT2D eigenvalue weighted by Gasteiger charge is -2.12. The summed E-state index contributed by atoms with van der Waals surface area (Å²) in [4.78, 5) is 3.83. The van der Waals surface area contributed by atoms with Crippen LogP contribution in [0.3, 0.4) is 0 Å². The highest BCUT2D eigenvalue weighted by Gasteiger charge is 2.24. The quantitative estimate of drug-likeness (QED) is 0.852. The molecule has 0 saturated carbocycles. The Balaban J connectivity index is 3.06. The van der Waals surface area contributed by atoms with Gasteiger partial charge in [-0.2, -0.15) is 5.26 Å². The first-order chi connectivity index (χ1) is 7.90. The van der Waals surface area contributed by atoms with Crippen LogP contribution in [0.4, 0.5) is 5.69 Å². The lowest BCUT2D eigenvalue weighted by atomic mass is 10.3. The van der Waals surface area contributed by atoms with E-state index in [4.69, 9.17) is 16.9 Å². The largest absolute Gasteiger partial charge is 0.279 e. The molecule has 17 heavy (non-hydrogen) atoms. The summed E-state index contributed by atoms with van der Waals surface area (Å²) in [5.41, 5.74) is 0.970. The van der Waals surface area contributed by atoms with Crippen LogP contribution in [0.2, 0.25) is 5.15 Å². The van der Waals surface area contributed by atoms with Gasteiger partial charge < -0.3 is 0 Å². The van der Waals surface area contributed by atoms with Gasteiger partial charge in [-0.25, -0.2) is 13.4 Å². The molecule has 1 heterocycles. The van der Waals surface area contributed by atoms with Crippen LogP contribution in [0, 0.1) is 18.3 Å². The monoisotopic (exact) mass is 273 g/mol. The van der Waals surface area contributed by atoms with Gasteiger partial charge in [0.1, 0.15) is 0 Å². The Labute approximate surface area is 105 Å². The first-order valence-corrected chi connectivity index (χ1v) is 6.86. The van der Waals surface area contributed by atoms with Crippen LogP contribution in [0.15, 0.2) is 12.3 Å². The molecule has 1 atom stereocenters. The molecule has 0 amide bonds. The summed E-state index contributed by atoms with van der Waals surface area (Å²) in [5, 5.41) is 7.71. The minimum absolute atomic E-state index is 0.0620. The van der Waals surface area contributed by atoms with Gasteiger partial charge >= 0.3 is 0 Å². The van der Waals surface area contributed by atoms with Crippen LogP contribution < -0.4 is 4.72 Å². The zero-order valence-electron chi connectivity index (χ0n) is 9.44. The Morgan fingerprint density at radius 2 is 2.29 bits per heavy atom. The van der Waals surface area contributed by atoms with E-state index >= 15 is 0 Å². The van der Waals surface area contributed by atoms with E-state index in [1.54, 1.807) is 26.0 Å². The number of nitriles is 1. The molecule has 5 nitrogen and oxygen atoms in total. The molecule has 7 heteroatoms. The molecule has 92 valence electrons. The molecule has 0 aromatic carbocycles. The second-order valence-corrected chi connectivity index (χ2v) is 5.75. The fourth-order valence-corrected chi connectivity index (χ4v) is 2.62. The second-order valence-electron chi connectivity index (χ2n) is 3.52. The van der Waals surface area contributed by atoms with E-state index in [0.29, 0.717) is 0 Å². The van der Waals surface area contributed by atoms with Crippen LogP contribution in [0.25, 0.3) is 0 Å². The lowest BCUT2D eigenvalue weighted by molar-refractivity contribution is 0.593. The smallest absolute Gasteiger partial charge is 0.249 e. The van der Waals surface area contributed by atoms with E-state index in [2.05, 4.69) is 9.71 Å². The number of rotatable bonds is 4. The van der Waals surface area contributed by atoms with Crippen molar-refractivity contribution in [1.82, 2.24) is 4.98 Å². The molecule has 0 saturated heterocycles. The number of pyridine rings is 1. The molecule has 1 aromatic rings. The third-order valence-electron chi connectivity index (χ3n) is 2.12. The van der Waals surface area contributed by atoms with E-state index in [1.807, 2.05) is 0 Å². The number of nitrogens with one attached hydrogen (secondary N) is 1. The number of nitrogens with zero attached hydrogens (tertiary/aromatic N) is 2. The maximum absolute atomic E-state index is 11.8. The average molecular weight is 274 g/mol. The number of aryl methyl sites for hydroxylation is 1. The number of hydrogen-bond donors (Lipinski definition) is 1. The number of aromatic nitrogens is 1. The molecule has 0 bridgehead atoms. The van der Waals surface area contributed by atoms with Gasteiger partial charge in [-0.15, -0.1) is 0 Å². The standard InChI is InChI=1S/C10H12ClN3O2S/c1-3-8(5-12)17(15,16)14-9-4-7(2)6-13-10(9)11/h4,6,8,14H,3H2,1-2H3. The lowest BCUT2D eigenvalue weighted by Crippen LogP contribution is -2.26. The molecule has 1 rings (SSSR count). The topological polar surface area (TPSA) is 82.8 Å². The Bertz CT molecular complexity index is 551. The third kappa shape index (κ3) is 3.32. The zero-order valence-corrected chi connectivity index (χ0v) is 11.0. The van der Waals surface area contributed by atoms with Crippen molar-refractivity contribution in [3.8, 4) is 6.07 Å². The van der Waals surface area contributed by atoms with Gasteiger partial charge in [0, 0.05) is 6.20 Å². The molecule has 1 N–H and O–H groups in total. The van der Waals surface area contributed by atoms with Crippen LogP contribution >= 0.6 is 11.6 Å². The fraction of sp³-hybridized carbons (Fsp3) is 0.400. The van der Waals surface area contributed by atoms with Gasteiger partial charge in [-0.05, 0) is 25.0 Å². The molecule has 0 fully saturated rings.